The monoisotopic (exact) mass is 332 g/mol. The van der Waals surface area contributed by atoms with E-state index in [1.54, 1.807) is 0 Å². The summed E-state index contributed by atoms with van der Waals surface area (Å²) in [7, 11) is 1.91. The van der Waals surface area contributed by atoms with Gasteiger partial charge in [0.2, 0.25) is 5.91 Å². The van der Waals surface area contributed by atoms with Crippen LogP contribution in [0.25, 0.3) is 0 Å². The van der Waals surface area contributed by atoms with Crippen LogP contribution >= 0.6 is 11.8 Å². The average Bonchev–Trinajstić information content (AvgIpc) is 2.88. The van der Waals surface area contributed by atoms with Crippen molar-refractivity contribution in [1.82, 2.24) is 20.1 Å². The lowest BCUT2D eigenvalue weighted by Crippen LogP contribution is -2.34. The van der Waals surface area contributed by atoms with E-state index in [0.717, 1.165) is 17.4 Å². The third kappa shape index (κ3) is 4.58. The summed E-state index contributed by atoms with van der Waals surface area (Å²) in [6.45, 7) is 6.59. The summed E-state index contributed by atoms with van der Waals surface area (Å²) >= 11 is 1.43. The number of rotatable bonds is 7. The summed E-state index contributed by atoms with van der Waals surface area (Å²) in [4.78, 5) is 12.3. The minimum atomic E-state index is -0.203. The second kappa shape index (κ2) is 8.15. The minimum absolute atomic E-state index is 0.0324. The Kier molecular flexibility index (Phi) is 6.21. The fourth-order valence-electron chi connectivity index (χ4n) is 2.29. The quantitative estimate of drug-likeness (QED) is 0.792. The number of hydrogen-bond donors (Lipinski definition) is 1. The molecule has 0 spiro atoms. The third-order valence-electron chi connectivity index (χ3n) is 3.99. The molecule has 6 heteroatoms. The second-order valence-electron chi connectivity index (χ2n) is 5.61. The topological polar surface area (TPSA) is 59.8 Å². The first-order chi connectivity index (χ1) is 11.0. The molecule has 5 nitrogen and oxygen atoms in total. The zero-order chi connectivity index (χ0) is 16.8. The highest BCUT2D eigenvalue weighted by molar-refractivity contribution is 8.00. The maximum Gasteiger partial charge on any atom is 0.233 e. The van der Waals surface area contributed by atoms with Crippen molar-refractivity contribution in [3.63, 3.8) is 0 Å². The normalized spacial score (nSPS) is 13.6. The van der Waals surface area contributed by atoms with Gasteiger partial charge in [0.15, 0.2) is 5.16 Å². The van der Waals surface area contributed by atoms with Crippen LogP contribution in [0.15, 0.2) is 35.5 Å². The Morgan fingerprint density at radius 1 is 1.30 bits per heavy atom. The van der Waals surface area contributed by atoms with Crippen molar-refractivity contribution in [3.05, 3.63) is 41.7 Å². The van der Waals surface area contributed by atoms with Crippen molar-refractivity contribution in [3.8, 4) is 0 Å². The number of aromatic nitrogens is 3. The van der Waals surface area contributed by atoms with E-state index < -0.39 is 0 Å². The van der Waals surface area contributed by atoms with Crippen molar-refractivity contribution in [2.45, 2.75) is 43.5 Å². The van der Waals surface area contributed by atoms with Gasteiger partial charge in [0.25, 0.3) is 0 Å². The van der Waals surface area contributed by atoms with Crippen LogP contribution in [0.3, 0.4) is 0 Å². The average molecular weight is 332 g/mol. The summed E-state index contributed by atoms with van der Waals surface area (Å²) < 4.78 is 1.90. The summed E-state index contributed by atoms with van der Waals surface area (Å²) in [6.07, 6.45) is 0.994. The van der Waals surface area contributed by atoms with Gasteiger partial charge >= 0.3 is 0 Å². The predicted molar refractivity (Wildman–Crippen MR) is 93.5 cm³/mol. The van der Waals surface area contributed by atoms with Gasteiger partial charge in [0.1, 0.15) is 5.82 Å². The van der Waals surface area contributed by atoms with Crippen molar-refractivity contribution < 1.29 is 4.79 Å². The molecule has 1 aromatic carbocycles. The van der Waals surface area contributed by atoms with Crippen LogP contribution in [-0.4, -0.2) is 32.5 Å². The van der Waals surface area contributed by atoms with Crippen molar-refractivity contribution in [2.24, 2.45) is 7.05 Å². The molecule has 1 N–H and O–H groups in total. The first-order valence-electron chi connectivity index (χ1n) is 7.88. The molecule has 2 aromatic rings. The second-order valence-corrected chi connectivity index (χ2v) is 6.92. The smallest absolute Gasteiger partial charge is 0.233 e. The Labute approximate surface area is 141 Å². The number of aryl methyl sites for hydroxylation is 1. The highest BCUT2D eigenvalue weighted by Gasteiger charge is 2.19. The van der Waals surface area contributed by atoms with Crippen LogP contribution in [0.4, 0.5) is 0 Å². The van der Waals surface area contributed by atoms with Gasteiger partial charge in [-0.3, -0.25) is 4.79 Å². The molecule has 23 heavy (non-hydrogen) atoms. The molecule has 1 aromatic heterocycles. The number of nitrogens with one attached hydrogen (secondary N) is 1. The summed E-state index contributed by atoms with van der Waals surface area (Å²) in [5.41, 5.74) is 1.26. The number of benzene rings is 1. The molecule has 0 radical (unpaired) electrons. The fourth-order valence-corrected chi connectivity index (χ4v) is 3.18. The molecule has 124 valence electrons. The lowest BCUT2D eigenvalue weighted by molar-refractivity contribution is -0.120. The molecule has 0 bridgehead atoms. The Morgan fingerprint density at radius 2 is 2.00 bits per heavy atom. The van der Waals surface area contributed by atoms with Crippen LogP contribution in [0, 0.1) is 6.92 Å². The number of thioether (sulfide) groups is 1. The molecule has 0 unspecified atom stereocenters. The molecular formula is C17H24N4OS. The van der Waals surface area contributed by atoms with Gasteiger partial charge in [-0.05, 0) is 25.8 Å². The molecule has 1 heterocycles. The fraction of sp³-hybridized carbons (Fsp3) is 0.471. The van der Waals surface area contributed by atoms with Gasteiger partial charge in [0, 0.05) is 19.5 Å². The SMILES string of the molecule is CC[C@@H](CNC(=O)[C@H](C)Sc1nnc(C)n1C)c1ccccc1. The zero-order valence-corrected chi connectivity index (χ0v) is 14.9. The summed E-state index contributed by atoms with van der Waals surface area (Å²) in [6, 6.07) is 10.3. The van der Waals surface area contributed by atoms with E-state index in [0.29, 0.717) is 12.5 Å². The Bertz CT molecular complexity index is 641. The van der Waals surface area contributed by atoms with E-state index in [9.17, 15) is 4.79 Å². The van der Waals surface area contributed by atoms with E-state index in [1.807, 2.05) is 43.7 Å². The van der Waals surface area contributed by atoms with Crippen molar-refractivity contribution in [1.29, 1.82) is 0 Å². The molecule has 0 saturated heterocycles. The predicted octanol–water partition coefficient (Wildman–Crippen LogP) is 2.91. The molecule has 0 aliphatic rings. The number of hydrogen-bond acceptors (Lipinski definition) is 4. The lowest BCUT2D eigenvalue weighted by atomic mass is 9.96. The van der Waals surface area contributed by atoms with Crippen LogP contribution in [-0.2, 0) is 11.8 Å². The Morgan fingerprint density at radius 3 is 2.57 bits per heavy atom. The standard InChI is InChI=1S/C17H24N4OS/c1-5-14(15-9-7-6-8-10-15)11-18-16(22)12(2)23-17-20-19-13(3)21(17)4/h6-10,12,14H,5,11H2,1-4H3,(H,18,22)/t12-,14-/m0/s1. The molecule has 0 aliphatic carbocycles. The highest BCUT2D eigenvalue weighted by Crippen LogP contribution is 2.22. The largest absolute Gasteiger partial charge is 0.355 e. The van der Waals surface area contributed by atoms with Gasteiger partial charge in [-0.25, -0.2) is 0 Å². The van der Waals surface area contributed by atoms with E-state index in [1.165, 1.54) is 17.3 Å². The van der Waals surface area contributed by atoms with E-state index in [-0.39, 0.29) is 11.2 Å². The van der Waals surface area contributed by atoms with Crippen molar-refractivity contribution >= 4 is 17.7 Å². The molecule has 2 rings (SSSR count). The zero-order valence-electron chi connectivity index (χ0n) is 14.1. The molecule has 1 amide bonds. The van der Waals surface area contributed by atoms with E-state index >= 15 is 0 Å². The molecular weight excluding hydrogens is 308 g/mol. The molecule has 0 saturated carbocycles. The number of amides is 1. The van der Waals surface area contributed by atoms with Gasteiger partial charge in [-0.15, -0.1) is 10.2 Å². The van der Waals surface area contributed by atoms with Crippen LogP contribution < -0.4 is 5.32 Å². The van der Waals surface area contributed by atoms with E-state index in [2.05, 4.69) is 34.6 Å². The molecule has 0 fully saturated rings. The number of carbonyl (C=O) groups is 1. The third-order valence-corrected chi connectivity index (χ3v) is 5.12. The van der Waals surface area contributed by atoms with Crippen molar-refractivity contribution in [2.75, 3.05) is 6.54 Å². The number of nitrogens with zero attached hydrogens (tertiary/aromatic N) is 3. The van der Waals surface area contributed by atoms with Crippen LogP contribution in [0.1, 0.15) is 37.6 Å². The van der Waals surface area contributed by atoms with Gasteiger partial charge in [-0.1, -0.05) is 49.0 Å². The Hall–Kier alpha value is -1.82. The van der Waals surface area contributed by atoms with E-state index in [4.69, 9.17) is 0 Å². The Balaban J connectivity index is 1.89. The van der Waals surface area contributed by atoms with Crippen LogP contribution in [0.2, 0.25) is 0 Å². The first-order valence-corrected chi connectivity index (χ1v) is 8.76. The maximum atomic E-state index is 12.3. The van der Waals surface area contributed by atoms with Crippen LogP contribution in [0.5, 0.6) is 0 Å². The number of carbonyl (C=O) groups excluding carboxylic acids is 1. The minimum Gasteiger partial charge on any atom is -0.355 e. The lowest BCUT2D eigenvalue weighted by Gasteiger charge is -2.18. The maximum absolute atomic E-state index is 12.3. The van der Waals surface area contributed by atoms with Gasteiger partial charge in [0.05, 0.1) is 5.25 Å². The first kappa shape index (κ1) is 17.5. The van der Waals surface area contributed by atoms with Gasteiger partial charge < -0.3 is 9.88 Å². The highest BCUT2D eigenvalue weighted by atomic mass is 32.2. The molecule has 2 atom stereocenters. The molecule has 0 aliphatic heterocycles. The summed E-state index contributed by atoms with van der Waals surface area (Å²) in [5, 5.41) is 11.7. The summed E-state index contributed by atoms with van der Waals surface area (Å²) in [5.74, 6) is 1.22. The van der Waals surface area contributed by atoms with Gasteiger partial charge in [-0.2, -0.15) is 0 Å².